The van der Waals surface area contributed by atoms with Gasteiger partial charge in [-0.1, -0.05) is 55.8 Å². The SMILES string of the molecule is C=CCCC=C.Cc1ccc(C(C)C)cc1.[Ru]. The van der Waals surface area contributed by atoms with E-state index in [0.717, 1.165) is 12.8 Å². The summed E-state index contributed by atoms with van der Waals surface area (Å²) in [6.45, 7) is 13.6. The van der Waals surface area contributed by atoms with Crippen LogP contribution in [0.3, 0.4) is 0 Å². The molecule has 0 aliphatic heterocycles. The van der Waals surface area contributed by atoms with Crippen LogP contribution in [0, 0.1) is 6.92 Å². The zero-order chi connectivity index (χ0) is 12.4. The molecule has 0 aromatic heterocycles. The van der Waals surface area contributed by atoms with Crippen LogP contribution in [0.1, 0.15) is 43.7 Å². The van der Waals surface area contributed by atoms with Gasteiger partial charge in [0.15, 0.2) is 0 Å². The smallest absolute Gasteiger partial charge is 0 e. The van der Waals surface area contributed by atoms with Crippen LogP contribution in [0.2, 0.25) is 0 Å². The minimum Gasteiger partial charge on any atom is -0.103 e. The van der Waals surface area contributed by atoms with Gasteiger partial charge in [-0.2, -0.15) is 0 Å². The van der Waals surface area contributed by atoms with Crippen molar-refractivity contribution in [3.05, 3.63) is 60.7 Å². The first-order chi connectivity index (χ1) is 7.61. The van der Waals surface area contributed by atoms with Gasteiger partial charge in [0.2, 0.25) is 0 Å². The molecule has 0 spiro atoms. The van der Waals surface area contributed by atoms with Crippen molar-refractivity contribution in [2.45, 2.75) is 39.5 Å². The number of benzene rings is 1. The summed E-state index contributed by atoms with van der Waals surface area (Å²) in [5.41, 5.74) is 2.76. The van der Waals surface area contributed by atoms with E-state index < -0.39 is 0 Å². The summed E-state index contributed by atoms with van der Waals surface area (Å²) < 4.78 is 0. The zero-order valence-electron chi connectivity index (χ0n) is 11.2. The van der Waals surface area contributed by atoms with Crippen LogP contribution in [0.5, 0.6) is 0 Å². The van der Waals surface area contributed by atoms with Gasteiger partial charge >= 0.3 is 0 Å². The van der Waals surface area contributed by atoms with Crippen LogP contribution >= 0.6 is 0 Å². The number of hydrogen-bond donors (Lipinski definition) is 0. The molecule has 1 rings (SSSR count). The molecule has 0 heterocycles. The molecule has 1 heteroatoms. The second-order valence-electron chi connectivity index (χ2n) is 4.22. The standard InChI is InChI=1S/C10H14.C6H10.Ru/c1-8(2)10-6-4-9(3)5-7-10;1-3-5-6-4-2;/h4-8H,1-3H3;3-4H,1-2,5-6H2;. The molecule has 0 amide bonds. The molecule has 0 aliphatic carbocycles. The molecule has 0 fully saturated rings. The van der Waals surface area contributed by atoms with Crippen LogP contribution in [0.25, 0.3) is 0 Å². The van der Waals surface area contributed by atoms with Crippen molar-refractivity contribution in [1.29, 1.82) is 0 Å². The maximum atomic E-state index is 3.55. The fourth-order valence-corrected chi connectivity index (χ4v) is 1.19. The largest absolute Gasteiger partial charge is 0.103 e. The quantitative estimate of drug-likeness (QED) is 0.404. The van der Waals surface area contributed by atoms with Gasteiger partial charge in [0.1, 0.15) is 0 Å². The minimum atomic E-state index is 0. The Morgan fingerprint density at radius 3 is 1.71 bits per heavy atom. The molecule has 0 saturated heterocycles. The summed E-state index contributed by atoms with van der Waals surface area (Å²) in [6, 6.07) is 8.71. The molecule has 0 radical (unpaired) electrons. The fourth-order valence-electron chi connectivity index (χ4n) is 1.19. The van der Waals surface area contributed by atoms with Crippen molar-refractivity contribution in [1.82, 2.24) is 0 Å². The Balaban J connectivity index is 0. The molecule has 0 atom stereocenters. The normalized spacial score (nSPS) is 8.71. The van der Waals surface area contributed by atoms with Gasteiger partial charge in [-0.3, -0.25) is 0 Å². The molecule has 17 heavy (non-hydrogen) atoms. The fraction of sp³-hybridized carbons (Fsp3) is 0.375. The topological polar surface area (TPSA) is 0 Å². The van der Waals surface area contributed by atoms with Crippen molar-refractivity contribution in [2.75, 3.05) is 0 Å². The van der Waals surface area contributed by atoms with Gasteiger partial charge in [0, 0.05) is 19.5 Å². The number of aryl methyl sites for hydroxylation is 1. The number of rotatable bonds is 4. The Morgan fingerprint density at radius 1 is 1.00 bits per heavy atom. The molecule has 0 bridgehead atoms. The van der Waals surface area contributed by atoms with Crippen LogP contribution in [0.15, 0.2) is 49.6 Å². The van der Waals surface area contributed by atoms with Crippen LogP contribution < -0.4 is 0 Å². The monoisotopic (exact) mass is 318 g/mol. The Labute approximate surface area is 120 Å². The second kappa shape index (κ2) is 11.8. The van der Waals surface area contributed by atoms with E-state index in [1.165, 1.54) is 11.1 Å². The second-order valence-corrected chi connectivity index (χ2v) is 4.22. The third-order valence-corrected chi connectivity index (χ3v) is 2.32. The number of allylic oxidation sites excluding steroid dienone is 2. The van der Waals surface area contributed by atoms with E-state index in [9.17, 15) is 0 Å². The Morgan fingerprint density at radius 2 is 1.41 bits per heavy atom. The molecular weight excluding hydrogens is 293 g/mol. The summed E-state index contributed by atoms with van der Waals surface area (Å²) in [5, 5.41) is 0. The molecule has 96 valence electrons. The van der Waals surface area contributed by atoms with Crippen LogP contribution in [0.4, 0.5) is 0 Å². The Bertz CT molecular complexity index is 288. The van der Waals surface area contributed by atoms with Crippen LogP contribution in [-0.4, -0.2) is 0 Å². The summed E-state index contributed by atoms with van der Waals surface area (Å²) in [7, 11) is 0. The third kappa shape index (κ3) is 10.2. The first-order valence-electron chi connectivity index (χ1n) is 5.90. The molecule has 1 aromatic carbocycles. The average molecular weight is 317 g/mol. The third-order valence-electron chi connectivity index (χ3n) is 2.32. The minimum absolute atomic E-state index is 0. The van der Waals surface area contributed by atoms with E-state index in [1.54, 1.807) is 0 Å². The molecule has 0 saturated carbocycles. The van der Waals surface area contributed by atoms with Crippen molar-refractivity contribution in [3.63, 3.8) is 0 Å². The van der Waals surface area contributed by atoms with Gasteiger partial charge in [-0.05, 0) is 31.2 Å². The summed E-state index contributed by atoms with van der Waals surface area (Å²) in [5.74, 6) is 0.653. The van der Waals surface area contributed by atoms with Crippen LogP contribution in [-0.2, 0) is 19.5 Å². The number of unbranched alkanes of at least 4 members (excludes halogenated alkanes) is 1. The van der Waals surface area contributed by atoms with E-state index in [1.807, 2.05) is 12.2 Å². The van der Waals surface area contributed by atoms with E-state index >= 15 is 0 Å². The summed E-state index contributed by atoms with van der Waals surface area (Å²) in [6.07, 6.45) is 5.90. The summed E-state index contributed by atoms with van der Waals surface area (Å²) in [4.78, 5) is 0. The van der Waals surface area contributed by atoms with Crippen molar-refractivity contribution in [3.8, 4) is 0 Å². The van der Waals surface area contributed by atoms with E-state index in [2.05, 4.69) is 58.2 Å². The van der Waals surface area contributed by atoms with Gasteiger partial charge in [0.25, 0.3) is 0 Å². The average Bonchev–Trinajstić information content (AvgIpc) is 2.28. The van der Waals surface area contributed by atoms with Gasteiger partial charge in [0.05, 0.1) is 0 Å². The molecule has 0 N–H and O–H groups in total. The van der Waals surface area contributed by atoms with Crippen molar-refractivity contribution < 1.29 is 19.5 Å². The zero-order valence-corrected chi connectivity index (χ0v) is 13.0. The predicted octanol–water partition coefficient (Wildman–Crippen LogP) is 5.25. The van der Waals surface area contributed by atoms with Gasteiger partial charge < -0.3 is 0 Å². The Kier molecular flexibility index (Phi) is 13.0. The summed E-state index contributed by atoms with van der Waals surface area (Å²) >= 11 is 0. The molecular formula is C16H24Ru. The first-order valence-corrected chi connectivity index (χ1v) is 5.90. The van der Waals surface area contributed by atoms with E-state index in [-0.39, 0.29) is 19.5 Å². The van der Waals surface area contributed by atoms with E-state index in [4.69, 9.17) is 0 Å². The molecule has 1 aromatic rings. The maximum Gasteiger partial charge on any atom is 0 e. The van der Waals surface area contributed by atoms with Crippen molar-refractivity contribution >= 4 is 0 Å². The Hall–Kier alpha value is -0.677. The van der Waals surface area contributed by atoms with Crippen molar-refractivity contribution in [2.24, 2.45) is 0 Å². The predicted molar refractivity (Wildman–Crippen MR) is 74.9 cm³/mol. The number of hydrogen-bond acceptors (Lipinski definition) is 0. The molecule has 0 unspecified atom stereocenters. The maximum absolute atomic E-state index is 3.55. The first kappa shape index (κ1) is 18.7. The molecule has 0 nitrogen and oxygen atoms in total. The van der Waals surface area contributed by atoms with Gasteiger partial charge in [-0.15, -0.1) is 13.2 Å². The van der Waals surface area contributed by atoms with Gasteiger partial charge in [-0.25, -0.2) is 0 Å². The van der Waals surface area contributed by atoms with E-state index in [0.29, 0.717) is 5.92 Å². The molecule has 0 aliphatic rings.